The normalized spacial score (nSPS) is 12.4. The van der Waals surface area contributed by atoms with Gasteiger partial charge in [-0.1, -0.05) is 34.1 Å². The van der Waals surface area contributed by atoms with Gasteiger partial charge in [0.2, 0.25) is 0 Å². The van der Waals surface area contributed by atoms with Crippen LogP contribution in [0, 0.1) is 0 Å². The van der Waals surface area contributed by atoms with Crippen LogP contribution in [0.2, 0.25) is 37.3 Å². The number of unbranched alkanes of at least 4 members (excludes halogenated alkanes) is 1. The molecule has 4 nitrogen and oxygen atoms in total. The zero-order valence-corrected chi connectivity index (χ0v) is 18.3. The summed E-state index contributed by atoms with van der Waals surface area (Å²) in [5.74, 6) is -0.0665. The van der Waals surface area contributed by atoms with Crippen LogP contribution in [0.1, 0.15) is 47.0 Å². The van der Waals surface area contributed by atoms with Gasteiger partial charge in [-0.2, -0.15) is 0 Å². The summed E-state index contributed by atoms with van der Waals surface area (Å²) in [6.45, 7) is 15.3. The quantitative estimate of drug-likeness (QED) is 0.364. The second kappa shape index (κ2) is 12.2. The lowest BCUT2D eigenvalue weighted by molar-refractivity contribution is -0.134. The van der Waals surface area contributed by atoms with Crippen molar-refractivity contribution in [2.75, 3.05) is 19.7 Å². The Labute approximate surface area is 146 Å². The summed E-state index contributed by atoms with van der Waals surface area (Å²) in [7, 11) is -3.26. The highest BCUT2D eigenvalue weighted by atomic mass is 28.4. The van der Waals surface area contributed by atoms with E-state index in [1.165, 1.54) is 12.5 Å². The van der Waals surface area contributed by atoms with Crippen molar-refractivity contribution < 1.29 is 13.6 Å². The van der Waals surface area contributed by atoms with Crippen LogP contribution in [0.15, 0.2) is 0 Å². The minimum Gasteiger partial charge on any atom is -0.518 e. The SMILES string of the molecule is CCCO[Si](C)(C)CCCCNCC(=O)O[Si](CC)(CC)CC. The number of rotatable bonds is 14. The van der Waals surface area contributed by atoms with Gasteiger partial charge in [-0.3, -0.25) is 4.79 Å². The maximum atomic E-state index is 12.0. The first-order valence-corrected chi connectivity index (χ1v) is 15.1. The van der Waals surface area contributed by atoms with Crippen molar-refractivity contribution in [3.8, 4) is 0 Å². The van der Waals surface area contributed by atoms with Gasteiger partial charge in [-0.15, -0.1) is 0 Å². The lowest BCUT2D eigenvalue weighted by atomic mass is 10.3. The highest BCUT2D eigenvalue weighted by molar-refractivity contribution is 6.75. The lowest BCUT2D eigenvalue weighted by Crippen LogP contribution is -2.41. The summed E-state index contributed by atoms with van der Waals surface area (Å²) in [5.41, 5.74) is 0. The minimum atomic E-state index is -1.79. The first-order valence-electron chi connectivity index (χ1n) is 9.41. The van der Waals surface area contributed by atoms with Gasteiger partial charge >= 0.3 is 5.97 Å². The number of carbonyl (C=O) groups is 1. The second-order valence-corrected chi connectivity index (χ2v) is 16.0. The van der Waals surface area contributed by atoms with Crippen LogP contribution < -0.4 is 5.32 Å². The van der Waals surface area contributed by atoms with E-state index in [0.29, 0.717) is 6.54 Å². The fourth-order valence-electron chi connectivity index (χ4n) is 2.69. The molecule has 0 aliphatic heterocycles. The van der Waals surface area contributed by atoms with Gasteiger partial charge in [0.05, 0.1) is 6.54 Å². The van der Waals surface area contributed by atoms with Crippen molar-refractivity contribution in [2.45, 2.75) is 84.2 Å². The molecule has 0 radical (unpaired) electrons. The van der Waals surface area contributed by atoms with Crippen LogP contribution in [0.4, 0.5) is 0 Å². The standard InChI is InChI=1S/C17H39NO3Si2/c1-7-14-20-22(5,6)15-12-11-13-18-16-17(19)21-23(8-2,9-3)10-4/h18H,7-16H2,1-6H3. The van der Waals surface area contributed by atoms with E-state index in [1.54, 1.807) is 0 Å². The second-order valence-electron chi connectivity index (χ2n) is 6.96. The summed E-state index contributed by atoms with van der Waals surface area (Å²) >= 11 is 0. The van der Waals surface area contributed by atoms with Crippen LogP contribution in [-0.4, -0.2) is 42.3 Å². The van der Waals surface area contributed by atoms with E-state index >= 15 is 0 Å². The molecule has 0 aromatic rings. The highest BCUT2D eigenvalue weighted by Crippen LogP contribution is 2.21. The molecule has 138 valence electrons. The highest BCUT2D eigenvalue weighted by Gasteiger charge is 2.32. The summed E-state index contributed by atoms with van der Waals surface area (Å²) in [6, 6.07) is 4.24. The van der Waals surface area contributed by atoms with Crippen molar-refractivity contribution in [2.24, 2.45) is 0 Å². The molecule has 0 rings (SSSR count). The molecule has 0 aliphatic rings. The monoisotopic (exact) mass is 361 g/mol. The van der Waals surface area contributed by atoms with Crippen molar-refractivity contribution in [3.05, 3.63) is 0 Å². The van der Waals surface area contributed by atoms with E-state index < -0.39 is 16.6 Å². The Bertz CT molecular complexity index is 313. The molecule has 0 amide bonds. The van der Waals surface area contributed by atoms with E-state index in [4.69, 9.17) is 8.85 Å². The first-order chi connectivity index (χ1) is 10.8. The predicted octanol–water partition coefficient (Wildman–Crippen LogP) is 4.54. The van der Waals surface area contributed by atoms with E-state index in [-0.39, 0.29) is 5.97 Å². The van der Waals surface area contributed by atoms with E-state index in [9.17, 15) is 4.79 Å². The summed E-state index contributed by atoms with van der Waals surface area (Å²) in [5, 5.41) is 3.23. The van der Waals surface area contributed by atoms with Gasteiger partial charge in [0, 0.05) is 6.61 Å². The van der Waals surface area contributed by atoms with Crippen LogP contribution in [0.25, 0.3) is 0 Å². The molecule has 0 saturated heterocycles. The Morgan fingerprint density at radius 1 is 1.00 bits per heavy atom. The van der Waals surface area contributed by atoms with E-state index in [1.807, 2.05) is 0 Å². The third-order valence-corrected chi connectivity index (χ3v) is 11.7. The first kappa shape index (κ1) is 22.8. The largest absolute Gasteiger partial charge is 0.518 e. The topological polar surface area (TPSA) is 47.6 Å². The molecule has 23 heavy (non-hydrogen) atoms. The molecule has 0 heterocycles. The van der Waals surface area contributed by atoms with Crippen molar-refractivity contribution >= 4 is 22.6 Å². The Hall–Kier alpha value is -0.176. The molecular weight excluding hydrogens is 322 g/mol. The fourth-order valence-corrected chi connectivity index (χ4v) is 7.18. The fraction of sp³-hybridized carbons (Fsp3) is 0.941. The summed E-state index contributed by atoms with van der Waals surface area (Å²) in [4.78, 5) is 12.0. The van der Waals surface area contributed by atoms with Crippen molar-refractivity contribution in [3.63, 3.8) is 0 Å². The molecule has 0 spiro atoms. The Morgan fingerprint density at radius 3 is 2.13 bits per heavy atom. The van der Waals surface area contributed by atoms with Gasteiger partial charge in [0.1, 0.15) is 0 Å². The maximum absolute atomic E-state index is 12.0. The Balaban J connectivity index is 3.81. The molecule has 0 fully saturated rings. The van der Waals surface area contributed by atoms with Crippen LogP contribution in [-0.2, 0) is 13.6 Å². The van der Waals surface area contributed by atoms with Crippen LogP contribution >= 0.6 is 0 Å². The zero-order valence-electron chi connectivity index (χ0n) is 16.3. The van der Waals surface area contributed by atoms with E-state index in [0.717, 1.165) is 44.1 Å². The van der Waals surface area contributed by atoms with Gasteiger partial charge in [0.25, 0.3) is 8.32 Å². The predicted molar refractivity (Wildman–Crippen MR) is 104 cm³/mol. The number of hydrogen-bond donors (Lipinski definition) is 1. The van der Waals surface area contributed by atoms with Gasteiger partial charge in [0.15, 0.2) is 8.32 Å². The van der Waals surface area contributed by atoms with Gasteiger partial charge in [-0.05, 0) is 56.7 Å². The third kappa shape index (κ3) is 10.3. The average molecular weight is 362 g/mol. The summed E-state index contributed by atoms with van der Waals surface area (Å²) < 4.78 is 11.8. The number of hydrogen-bond acceptors (Lipinski definition) is 4. The molecule has 1 N–H and O–H groups in total. The molecule has 0 bridgehead atoms. The van der Waals surface area contributed by atoms with Gasteiger partial charge in [-0.25, -0.2) is 0 Å². The molecule has 0 aromatic carbocycles. The molecular formula is C17H39NO3Si2. The minimum absolute atomic E-state index is 0.0665. The smallest absolute Gasteiger partial charge is 0.306 e. The molecule has 0 aliphatic carbocycles. The van der Waals surface area contributed by atoms with Crippen molar-refractivity contribution in [1.29, 1.82) is 0 Å². The molecule has 0 saturated carbocycles. The summed E-state index contributed by atoms with van der Waals surface area (Å²) in [6.07, 6.45) is 3.36. The van der Waals surface area contributed by atoms with Crippen molar-refractivity contribution in [1.82, 2.24) is 5.32 Å². The molecule has 6 heteroatoms. The zero-order chi connectivity index (χ0) is 17.8. The maximum Gasteiger partial charge on any atom is 0.306 e. The number of nitrogens with one attached hydrogen (secondary N) is 1. The van der Waals surface area contributed by atoms with Gasteiger partial charge < -0.3 is 14.2 Å². The third-order valence-electron chi connectivity index (χ3n) is 4.61. The Kier molecular flexibility index (Phi) is 12.1. The Morgan fingerprint density at radius 2 is 1.61 bits per heavy atom. The number of carbonyl (C=O) groups excluding carboxylic acids is 1. The average Bonchev–Trinajstić information content (AvgIpc) is 2.54. The molecule has 0 atom stereocenters. The lowest BCUT2D eigenvalue weighted by Gasteiger charge is -2.27. The van der Waals surface area contributed by atoms with E-state index in [2.05, 4.69) is 46.1 Å². The van der Waals surface area contributed by atoms with Crippen LogP contribution in [0.3, 0.4) is 0 Å². The molecule has 0 unspecified atom stereocenters. The van der Waals surface area contributed by atoms with Crippen LogP contribution in [0.5, 0.6) is 0 Å². The molecule has 0 aromatic heterocycles.